The normalized spacial score (nSPS) is 12.8. The number of halogens is 1. The lowest BCUT2D eigenvalue weighted by molar-refractivity contribution is 0.401. The Hall–Kier alpha value is -1.01. The average Bonchev–Trinajstić information content (AvgIpc) is 2.77. The summed E-state index contributed by atoms with van der Waals surface area (Å²) in [5, 5.41) is 0.479. The molecule has 0 aliphatic heterocycles. The van der Waals surface area contributed by atoms with Gasteiger partial charge in [-0.1, -0.05) is 6.92 Å². The van der Waals surface area contributed by atoms with Gasteiger partial charge in [0.05, 0.1) is 7.11 Å². The molecular formula is C12H17ClN4OS. The maximum atomic E-state index is 5.85. The Morgan fingerprint density at radius 3 is 2.89 bits per heavy atom. The smallest absolute Gasteiger partial charge is 0.245 e. The van der Waals surface area contributed by atoms with Crippen LogP contribution in [0.25, 0.3) is 11.2 Å². The molecule has 0 fully saturated rings. The van der Waals surface area contributed by atoms with Gasteiger partial charge in [0.15, 0.2) is 11.2 Å². The number of aromatic nitrogens is 4. The van der Waals surface area contributed by atoms with Crippen LogP contribution in [0, 0.1) is 0 Å². The van der Waals surface area contributed by atoms with E-state index in [4.69, 9.17) is 16.3 Å². The van der Waals surface area contributed by atoms with Crippen molar-refractivity contribution < 1.29 is 4.74 Å². The van der Waals surface area contributed by atoms with Crippen molar-refractivity contribution in [1.82, 2.24) is 19.5 Å². The van der Waals surface area contributed by atoms with Gasteiger partial charge in [-0.25, -0.2) is 9.97 Å². The fraction of sp³-hybridized carbons (Fsp3) is 0.583. The van der Waals surface area contributed by atoms with Crippen LogP contribution in [0.15, 0.2) is 6.33 Å². The monoisotopic (exact) mass is 300 g/mol. The fourth-order valence-electron chi connectivity index (χ4n) is 1.91. The SMILES string of the molecule is COc1ncnc2c1nc(CCCl)n2CC(C)SC. The number of rotatable bonds is 6. The van der Waals surface area contributed by atoms with Crippen molar-refractivity contribution in [2.75, 3.05) is 19.2 Å². The second-order valence-electron chi connectivity index (χ2n) is 4.18. The predicted octanol–water partition coefficient (Wildman–Crippen LogP) is 2.37. The van der Waals surface area contributed by atoms with Crippen LogP contribution in [0.4, 0.5) is 0 Å². The zero-order valence-electron chi connectivity index (χ0n) is 11.3. The summed E-state index contributed by atoms with van der Waals surface area (Å²) in [6.07, 6.45) is 4.32. The summed E-state index contributed by atoms with van der Waals surface area (Å²) in [6.45, 7) is 3.03. The van der Waals surface area contributed by atoms with Crippen molar-refractivity contribution in [2.45, 2.75) is 25.1 Å². The van der Waals surface area contributed by atoms with E-state index in [0.717, 1.165) is 18.0 Å². The first-order valence-corrected chi connectivity index (χ1v) is 7.86. The number of ether oxygens (including phenoxy) is 1. The number of aryl methyl sites for hydroxylation is 1. The summed E-state index contributed by atoms with van der Waals surface area (Å²) in [6, 6.07) is 0. The van der Waals surface area contributed by atoms with Crippen molar-refractivity contribution in [3.63, 3.8) is 0 Å². The minimum atomic E-state index is 0.479. The molecule has 2 heterocycles. The number of hydrogen-bond acceptors (Lipinski definition) is 5. The van der Waals surface area contributed by atoms with Crippen LogP contribution in [-0.4, -0.2) is 44.0 Å². The third kappa shape index (κ3) is 2.95. The van der Waals surface area contributed by atoms with Crippen molar-refractivity contribution in [2.24, 2.45) is 0 Å². The van der Waals surface area contributed by atoms with Gasteiger partial charge in [0, 0.05) is 24.1 Å². The first kappa shape index (κ1) is 14.4. The Morgan fingerprint density at radius 1 is 1.47 bits per heavy atom. The van der Waals surface area contributed by atoms with Gasteiger partial charge < -0.3 is 9.30 Å². The first-order valence-electron chi connectivity index (χ1n) is 6.04. The van der Waals surface area contributed by atoms with Crippen molar-refractivity contribution in [3.05, 3.63) is 12.2 Å². The minimum absolute atomic E-state index is 0.479. The maximum absolute atomic E-state index is 5.85. The van der Waals surface area contributed by atoms with Gasteiger partial charge in [0.2, 0.25) is 5.88 Å². The van der Waals surface area contributed by atoms with E-state index < -0.39 is 0 Å². The number of nitrogens with zero attached hydrogens (tertiary/aromatic N) is 4. The highest BCUT2D eigenvalue weighted by atomic mass is 35.5. The molecule has 104 valence electrons. The number of thioether (sulfide) groups is 1. The second-order valence-corrected chi connectivity index (χ2v) is 5.83. The average molecular weight is 301 g/mol. The molecule has 0 aliphatic carbocycles. The fourth-order valence-corrected chi connectivity index (χ4v) is 2.38. The summed E-state index contributed by atoms with van der Waals surface area (Å²) >= 11 is 7.67. The predicted molar refractivity (Wildman–Crippen MR) is 79.3 cm³/mol. The summed E-state index contributed by atoms with van der Waals surface area (Å²) in [7, 11) is 1.59. The molecule has 1 unspecified atom stereocenters. The van der Waals surface area contributed by atoms with E-state index in [-0.39, 0.29) is 0 Å². The highest BCUT2D eigenvalue weighted by Crippen LogP contribution is 2.23. The van der Waals surface area contributed by atoms with Crippen LogP contribution < -0.4 is 4.74 Å². The van der Waals surface area contributed by atoms with E-state index in [1.165, 1.54) is 6.33 Å². The number of methoxy groups -OCH3 is 1. The van der Waals surface area contributed by atoms with E-state index in [1.807, 2.05) is 11.8 Å². The van der Waals surface area contributed by atoms with Crippen LogP contribution in [0.2, 0.25) is 0 Å². The summed E-state index contributed by atoms with van der Waals surface area (Å²) in [5.41, 5.74) is 1.52. The molecule has 19 heavy (non-hydrogen) atoms. The van der Waals surface area contributed by atoms with E-state index in [0.29, 0.717) is 28.9 Å². The van der Waals surface area contributed by atoms with Gasteiger partial charge in [0.25, 0.3) is 0 Å². The molecule has 0 amide bonds. The molecule has 0 N–H and O–H groups in total. The molecule has 0 radical (unpaired) electrons. The highest BCUT2D eigenvalue weighted by molar-refractivity contribution is 7.99. The number of imidazole rings is 1. The zero-order valence-corrected chi connectivity index (χ0v) is 12.8. The van der Waals surface area contributed by atoms with Gasteiger partial charge in [-0.05, 0) is 6.26 Å². The molecule has 5 nitrogen and oxygen atoms in total. The van der Waals surface area contributed by atoms with E-state index >= 15 is 0 Å². The lowest BCUT2D eigenvalue weighted by Crippen LogP contribution is -2.13. The number of alkyl halides is 1. The van der Waals surface area contributed by atoms with Crippen LogP contribution in [-0.2, 0) is 13.0 Å². The van der Waals surface area contributed by atoms with E-state index in [1.54, 1.807) is 7.11 Å². The summed E-state index contributed by atoms with van der Waals surface area (Å²) in [5.74, 6) is 1.98. The third-order valence-electron chi connectivity index (χ3n) is 2.93. The van der Waals surface area contributed by atoms with Gasteiger partial charge in [-0.3, -0.25) is 0 Å². The van der Waals surface area contributed by atoms with E-state index in [9.17, 15) is 0 Å². The molecule has 2 aromatic heterocycles. The zero-order chi connectivity index (χ0) is 13.8. The van der Waals surface area contributed by atoms with Gasteiger partial charge >= 0.3 is 0 Å². The maximum Gasteiger partial charge on any atom is 0.245 e. The van der Waals surface area contributed by atoms with Crippen molar-refractivity contribution in [3.8, 4) is 5.88 Å². The molecule has 0 spiro atoms. The molecule has 0 aliphatic rings. The lowest BCUT2D eigenvalue weighted by Gasteiger charge is -2.12. The Labute approximate surface area is 121 Å². The standard InChI is InChI=1S/C12H17ClN4OS/c1-8(19-3)6-17-9(4-5-13)16-10-11(17)14-7-15-12(10)18-2/h7-8H,4-6H2,1-3H3. The highest BCUT2D eigenvalue weighted by Gasteiger charge is 2.17. The molecular weight excluding hydrogens is 284 g/mol. The largest absolute Gasteiger partial charge is 0.479 e. The van der Waals surface area contributed by atoms with Gasteiger partial charge in [-0.15, -0.1) is 11.6 Å². The van der Waals surface area contributed by atoms with Crippen LogP contribution in [0.3, 0.4) is 0 Å². The Balaban J connectivity index is 2.53. The lowest BCUT2D eigenvalue weighted by atomic mass is 10.4. The Morgan fingerprint density at radius 2 is 2.26 bits per heavy atom. The van der Waals surface area contributed by atoms with Gasteiger partial charge in [-0.2, -0.15) is 16.7 Å². The summed E-state index contributed by atoms with van der Waals surface area (Å²) in [4.78, 5) is 13.0. The number of fused-ring (bicyclic) bond motifs is 1. The van der Waals surface area contributed by atoms with Crippen LogP contribution in [0.5, 0.6) is 5.88 Å². The topological polar surface area (TPSA) is 52.8 Å². The number of hydrogen-bond donors (Lipinski definition) is 0. The van der Waals surface area contributed by atoms with Crippen LogP contribution in [0.1, 0.15) is 12.7 Å². The second kappa shape index (κ2) is 6.43. The van der Waals surface area contributed by atoms with Gasteiger partial charge in [0.1, 0.15) is 12.2 Å². The minimum Gasteiger partial charge on any atom is -0.479 e. The molecule has 0 aromatic carbocycles. The van der Waals surface area contributed by atoms with Crippen molar-refractivity contribution in [1.29, 1.82) is 0 Å². The Bertz CT molecular complexity index is 560. The van der Waals surface area contributed by atoms with Crippen molar-refractivity contribution >= 4 is 34.5 Å². The molecule has 7 heteroatoms. The molecule has 1 atom stereocenters. The third-order valence-corrected chi connectivity index (χ3v) is 4.07. The quantitative estimate of drug-likeness (QED) is 0.767. The molecule has 2 rings (SSSR count). The summed E-state index contributed by atoms with van der Waals surface area (Å²) < 4.78 is 7.35. The Kier molecular flexibility index (Phi) is 4.87. The molecule has 2 aromatic rings. The van der Waals surface area contributed by atoms with Crippen LogP contribution >= 0.6 is 23.4 Å². The molecule has 0 saturated carbocycles. The van der Waals surface area contributed by atoms with E-state index in [2.05, 4.69) is 32.7 Å². The molecule has 0 bridgehead atoms. The molecule has 0 saturated heterocycles. The first-order chi connectivity index (χ1) is 9.21.